The van der Waals surface area contributed by atoms with E-state index in [2.05, 4.69) is 65.9 Å². The van der Waals surface area contributed by atoms with Gasteiger partial charge in [0.1, 0.15) is 0 Å². The van der Waals surface area contributed by atoms with Gasteiger partial charge in [0.05, 0.1) is 5.37 Å². The van der Waals surface area contributed by atoms with Crippen LogP contribution in [0.25, 0.3) is 0 Å². The molecule has 1 aromatic rings. The molecule has 0 spiro atoms. The van der Waals surface area contributed by atoms with E-state index in [9.17, 15) is 0 Å². The number of benzene rings is 1. The molecule has 0 radical (unpaired) electrons. The molecule has 1 aliphatic rings. The lowest BCUT2D eigenvalue weighted by molar-refractivity contribution is 0.126. The van der Waals surface area contributed by atoms with Gasteiger partial charge in [-0.2, -0.15) is 12.6 Å². The molecule has 1 N–H and O–H groups in total. The number of hydrogen-bond acceptors (Lipinski definition) is 5. The van der Waals surface area contributed by atoms with Gasteiger partial charge in [0.15, 0.2) is 0 Å². The standard InChI is InChI=1S/C23H41N3OS/c1-3-4-5-7-18-27-19-8-6-13-24-20-22-9-11-23(12-10-22)26-16-14-25(15-17-26)21(2)28/h9-12,21,24,28H,3-8,13-20H2,1-2H3. The van der Waals surface area contributed by atoms with E-state index in [1.807, 2.05) is 0 Å². The Labute approximate surface area is 178 Å². The molecule has 0 aromatic heterocycles. The highest BCUT2D eigenvalue weighted by atomic mass is 32.1. The van der Waals surface area contributed by atoms with Gasteiger partial charge in [-0.3, -0.25) is 4.90 Å². The van der Waals surface area contributed by atoms with Gasteiger partial charge >= 0.3 is 0 Å². The van der Waals surface area contributed by atoms with Crippen LogP contribution in [-0.2, 0) is 11.3 Å². The van der Waals surface area contributed by atoms with Crippen molar-refractivity contribution < 1.29 is 4.74 Å². The van der Waals surface area contributed by atoms with Crippen LogP contribution >= 0.6 is 12.6 Å². The molecule has 1 atom stereocenters. The number of thiol groups is 1. The third kappa shape index (κ3) is 9.17. The van der Waals surface area contributed by atoms with Crippen LogP contribution in [0, 0.1) is 0 Å². The Hall–Kier alpha value is -0.750. The Morgan fingerprint density at radius 2 is 1.64 bits per heavy atom. The molecule has 5 heteroatoms. The number of hydrogen-bond donors (Lipinski definition) is 2. The monoisotopic (exact) mass is 407 g/mol. The van der Waals surface area contributed by atoms with Crippen molar-refractivity contribution in [2.75, 3.05) is 50.8 Å². The molecule has 1 fully saturated rings. The zero-order valence-electron chi connectivity index (χ0n) is 18.0. The van der Waals surface area contributed by atoms with Crippen molar-refractivity contribution in [1.82, 2.24) is 10.2 Å². The van der Waals surface area contributed by atoms with Crippen LogP contribution in [0.3, 0.4) is 0 Å². The average Bonchev–Trinajstić information content (AvgIpc) is 2.72. The van der Waals surface area contributed by atoms with Crippen LogP contribution in [0.2, 0.25) is 0 Å². The van der Waals surface area contributed by atoms with E-state index in [0.717, 1.165) is 58.9 Å². The number of piperazine rings is 1. The maximum absolute atomic E-state index is 5.70. The second-order valence-corrected chi connectivity index (χ2v) is 8.63. The molecule has 160 valence electrons. The van der Waals surface area contributed by atoms with Crippen molar-refractivity contribution >= 4 is 18.3 Å². The predicted octanol–water partition coefficient (Wildman–Crippen LogP) is 4.55. The lowest BCUT2D eigenvalue weighted by Crippen LogP contribution is -2.48. The molecule has 0 aliphatic carbocycles. The van der Waals surface area contributed by atoms with Crippen molar-refractivity contribution in [2.24, 2.45) is 0 Å². The third-order valence-corrected chi connectivity index (χ3v) is 5.83. The van der Waals surface area contributed by atoms with Crippen LogP contribution in [0.4, 0.5) is 5.69 Å². The smallest absolute Gasteiger partial charge is 0.0500 e. The third-order valence-electron chi connectivity index (χ3n) is 5.51. The topological polar surface area (TPSA) is 27.7 Å². The fourth-order valence-corrected chi connectivity index (χ4v) is 3.83. The number of nitrogens with one attached hydrogen (secondary N) is 1. The molecule has 1 unspecified atom stereocenters. The lowest BCUT2D eigenvalue weighted by Gasteiger charge is -2.37. The number of nitrogens with zero attached hydrogens (tertiary/aromatic N) is 2. The molecule has 4 nitrogen and oxygen atoms in total. The van der Waals surface area contributed by atoms with Crippen molar-refractivity contribution in [2.45, 2.75) is 64.3 Å². The second kappa shape index (κ2) is 14.3. The highest BCUT2D eigenvalue weighted by molar-refractivity contribution is 7.80. The van der Waals surface area contributed by atoms with E-state index in [0.29, 0.717) is 5.37 Å². The minimum absolute atomic E-state index is 0.355. The van der Waals surface area contributed by atoms with E-state index < -0.39 is 0 Å². The van der Waals surface area contributed by atoms with Gasteiger partial charge in [-0.25, -0.2) is 0 Å². The van der Waals surface area contributed by atoms with Gasteiger partial charge in [-0.1, -0.05) is 38.3 Å². The first-order chi connectivity index (χ1) is 13.7. The van der Waals surface area contributed by atoms with E-state index in [-0.39, 0.29) is 0 Å². The first-order valence-electron chi connectivity index (χ1n) is 11.2. The van der Waals surface area contributed by atoms with Crippen molar-refractivity contribution in [1.29, 1.82) is 0 Å². The zero-order valence-corrected chi connectivity index (χ0v) is 18.9. The molecule has 0 saturated carbocycles. The van der Waals surface area contributed by atoms with Crippen LogP contribution < -0.4 is 10.2 Å². The maximum atomic E-state index is 5.70. The van der Waals surface area contributed by atoms with Gasteiger partial charge in [-0.15, -0.1) is 0 Å². The summed E-state index contributed by atoms with van der Waals surface area (Å²) in [6.45, 7) is 12.6. The number of unbranched alkanes of at least 4 members (excludes halogenated alkanes) is 4. The van der Waals surface area contributed by atoms with Gasteiger partial charge in [-0.05, 0) is 50.4 Å². The molecule has 1 aliphatic heterocycles. The first kappa shape index (κ1) is 23.5. The van der Waals surface area contributed by atoms with Gasteiger partial charge in [0.25, 0.3) is 0 Å². The summed E-state index contributed by atoms with van der Waals surface area (Å²) in [6, 6.07) is 9.05. The van der Waals surface area contributed by atoms with E-state index in [1.165, 1.54) is 43.4 Å². The average molecular weight is 408 g/mol. The predicted molar refractivity (Wildman–Crippen MR) is 125 cm³/mol. The molecular weight excluding hydrogens is 366 g/mol. The Kier molecular flexibility index (Phi) is 12.0. The summed E-state index contributed by atoms with van der Waals surface area (Å²) in [7, 11) is 0. The maximum Gasteiger partial charge on any atom is 0.0500 e. The summed E-state index contributed by atoms with van der Waals surface area (Å²) in [5, 5.41) is 3.91. The molecule has 1 heterocycles. The molecule has 0 amide bonds. The van der Waals surface area contributed by atoms with Gasteiger partial charge in [0.2, 0.25) is 0 Å². The molecule has 28 heavy (non-hydrogen) atoms. The Bertz CT molecular complexity index is 501. The summed E-state index contributed by atoms with van der Waals surface area (Å²) < 4.78 is 5.70. The van der Waals surface area contributed by atoms with E-state index in [1.54, 1.807) is 0 Å². The highest BCUT2D eigenvalue weighted by Gasteiger charge is 2.19. The van der Waals surface area contributed by atoms with Gasteiger partial charge < -0.3 is 15.0 Å². The largest absolute Gasteiger partial charge is 0.381 e. The molecule has 0 bridgehead atoms. The Balaban J connectivity index is 1.51. The van der Waals surface area contributed by atoms with Crippen LogP contribution in [0.1, 0.15) is 57.9 Å². The molecule has 1 aromatic carbocycles. The minimum atomic E-state index is 0.355. The summed E-state index contributed by atoms with van der Waals surface area (Å²) >= 11 is 4.54. The van der Waals surface area contributed by atoms with Crippen molar-refractivity contribution in [3.63, 3.8) is 0 Å². The number of ether oxygens (including phenoxy) is 1. The summed E-state index contributed by atoms with van der Waals surface area (Å²) in [6.07, 6.45) is 7.48. The van der Waals surface area contributed by atoms with Crippen LogP contribution in [-0.4, -0.2) is 56.2 Å². The molecule has 1 saturated heterocycles. The van der Waals surface area contributed by atoms with Crippen LogP contribution in [0.15, 0.2) is 24.3 Å². The molecule has 2 rings (SSSR count). The SMILES string of the molecule is CCCCCCOCCCCNCc1ccc(N2CCN(C(C)S)CC2)cc1. The number of rotatable bonds is 14. The Morgan fingerprint density at radius 1 is 0.964 bits per heavy atom. The van der Waals surface area contributed by atoms with E-state index in [4.69, 9.17) is 4.74 Å². The van der Waals surface area contributed by atoms with Gasteiger partial charge in [0, 0.05) is 51.6 Å². The first-order valence-corrected chi connectivity index (χ1v) is 11.8. The Morgan fingerprint density at radius 3 is 2.29 bits per heavy atom. The minimum Gasteiger partial charge on any atom is -0.381 e. The van der Waals surface area contributed by atoms with E-state index >= 15 is 0 Å². The quantitative estimate of drug-likeness (QED) is 0.349. The normalized spacial score (nSPS) is 16.5. The number of anilines is 1. The summed E-state index contributed by atoms with van der Waals surface area (Å²) in [5.41, 5.74) is 2.70. The van der Waals surface area contributed by atoms with Crippen LogP contribution in [0.5, 0.6) is 0 Å². The van der Waals surface area contributed by atoms with Crippen molar-refractivity contribution in [3.05, 3.63) is 29.8 Å². The fourth-order valence-electron chi connectivity index (χ4n) is 3.60. The fraction of sp³-hybridized carbons (Fsp3) is 0.739. The highest BCUT2D eigenvalue weighted by Crippen LogP contribution is 2.18. The zero-order chi connectivity index (χ0) is 20.0. The summed E-state index contributed by atoms with van der Waals surface area (Å²) in [5.74, 6) is 0. The molecular formula is C23H41N3OS. The van der Waals surface area contributed by atoms with Crippen molar-refractivity contribution in [3.8, 4) is 0 Å². The summed E-state index contributed by atoms with van der Waals surface area (Å²) in [4.78, 5) is 4.90. The lowest BCUT2D eigenvalue weighted by atomic mass is 10.1. The second-order valence-electron chi connectivity index (χ2n) is 7.88.